The number of benzene rings is 2. The number of oxazole rings is 1. The van der Waals surface area contributed by atoms with E-state index >= 15 is 0 Å². The molecule has 0 bridgehead atoms. The van der Waals surface area contributed by atoms with Gasteiger partial charge in [0.2, 0.25) is 5.89 Å². The topological polar surface area (TPSA) is 100 Å². The van der Waals surface area contributed by atoms with Gasteiger partial charge in [-0.25, -0.2) is 14.2 Å². The molecule has 1 aliphatic heterocycles. The molecule has 1 aromatic heterocycles. The first-order valence-electron chi connectivity index (χ1n) is 10.7. The van der Waals surface area contributed by atoms with Crippen LogP contribution >= 0.6 is 0 Å². The minimum atomic E-state index is -0.999. The number of halogens is 1. The van der Waals surface area contributed by atoms with Gasteiger partial charge in [0.15, 0.2) is 0 Å². The number of methoxy groups -OCH3 is 1. The van der Waals surface area contributed by atoms with E-state index < -0.39 is 17.5 Å². The van der Waals surface area contributed by atoms with Crippen molar-refractivity contribution in [3.05, 3.63) is 76.9 Å². The number of carbonyl (C=O) groups is 1. The zero-order chi connectivity index (χ0) is 24.1. The molecule has 180 valence electrons. The zero-order valence-corrected chi connectivity index (χ0v) is 19.0. The van der Waals surface area contributed by atoms with E-state index in [1.54, 1.807) is 44.4 Å². The molecule has 1 fully saturated rings. The van der Waals surface area contributed by atoms with Crippen LogP contribution in [0.1, 0.15) is 33.3 Å². The molecule has 8 nitrogen and oxygen atoms in total. The Morgan fingerprint density at radius 3 is 2.62 bits per heavy atom. The largest absolute Gasteiger partial charge is 0.478 e. The van der Waals surface area contributed by atoms with E-state index in [1.807, 2.05) is 0 Å². The minimum absolute atomic E-state index is 0.0984. The zero-order valence-electron chi connectivity index (χ0n) is 19.0. The molecule has 2 heterocycles. The van der Waals surface area contributed by atoms with E-state index in [4.69, 9.17) is 23.4 Å². The van der Waals surface area contributed by atoms with E-state index in [0.717, 1.165) is 0 Å². The predicted octanol–water partition coefficient (Wildman–Crippen LogP) is 4.38. The van der Waals surface area contributed by atoms with Crippen molar-refractivity contribution in [1.29, 1.82) is 0 Å². The highest BCUT2D eigenvalue weighted by Gasteiger charge is 2.45. The molecule has 1 N–H and O–H groups in total. The Kier molecular flexibility index (Phi) is 7.38. The van der Waals surface area contributed by atoms with Crippen molar-refractivity contribution < 1.29 is 37.7 Å². The summed E-state index contributed by atoms with van der Waals surface area (Å²) in [7, 11) is 1.55. The van der Waals surface area contributed by atoms with Gasteiger partial charge < -0.3 is 28.5 Å². The number of carboxylic acids is 1. The molecule has 0 saturated carbocycles. The smallest absolute Gasteiger partial charge is 0.336 e. The van der Waals surface area contributed by atoms with Crippen molar-refractivity contribution in [2.45, 2.75) is 19.6 Å². The molecule has 2 aromatic carbocycles. The summed E-state index contributed by atoms with van der Waals surface area (Å²) in [6.45, 7) is 2.73. The Morgan fingerprint density at radius 1 is 1.21 bits per heavy atom. The third-order valence-corrected chi connectivity index (χ3v) is 5.84. The van der Waals surface area contributed by atoms with Crippen molar-refractivity contribution in [1.82, 2.24) is 4.98 Å². The summed E-state index contributed by atoms with van der Waals surface area (Å²) in [4.78, 5) is 16.3. The third kappa shape index (κ3) is 5.02. The second kappa shape index (κ2) is 10.4. The van der Waals surface area contributed by atoms with Gasteiger partial charge in [0.05, 0.1) is 37.4 Å². The molecule has 0 radical (unpaired) electrons. The van der Waals surface area contributed by atoms with Gasteiger partial charge in [0, 0.05) is 12.7 Å². The summed E-state index contributed by atoms with van der Waals surface area (Å²) in [5, 5.41) is 9.58. The number of aryl methyl sites for hydroxylation is 1. The summed E-state index contributed by atoms with van der Waals surface area (Å²) >= 11 is 0. The highest BCUT2D eigenvalue weighted by Crippen LogP contribution is 2.40. The molecular weight excluding hydrogens is 445 g/mol. The van der Waals surface area contributed by atoms with Crippen molar-refractivity contribution in [3.8, 4) is 11.5 Å². The summed E-state index contributed by atoms with van der Waals surface area (Å²) < 4.78 is 41.9. The van der Waals surface area contributed by atoms with E-state index in [1.165, 1.54) is 18.4 Å². The average molecular weight is 471 g/mol. The molecule has 1 aliphatic rings. The van der Waals surface area contributed by atoms with Gasteiger partial charge >= 0.3 is 5.97 Å². The number of aromatic nitrogens is 1. The maximum Gasteiger partial charge on any atom is 0.336 e. The quantitative estimate of drug-likeness (QED) is 0.491. The molecule has 0 spiro atoms. The summed E-state index contributed by atoms with van der Waals surface area (Å²) in [6.07, 6.45) is 0.897. The molecule has 1 saturated heterocycles. The fraction of sp³-hybridized carbons (Fsp3) is 0.360. The fourth-order valence-electron chi connectivity index (χ4n) is 4.24. The van der Waals surface area contributed by atoms with Crippen molar-refractivity contribution in [3.63, 3.8) is 0 Å². The first kappa shape index (κ1) is 24.0. The monoisotopic (exact) mass is 471 g/mol. The van der Waals surface area contributed by atoms with Crippen LogP contribution < -0.4 is 0 Å². The van der Waals surface area contributed by atoms with Crippen molar-refractivity contribution in [2.75, 3.05) is 33.7 Å². The Balaban J connectivity index is 1.55. The van der Waals surface area contributed by atoms with Crippen LogP contribution in [0.5, 0.6) is 0 Å². The van der Waals surface area contributed by atoms with Crippen LogP contribution in [-0.4, -0.2) is 49.8 Å². The summed E-state index contributed by atoms with van der Waals surface area (Å²) in [5.74, 6) is -1.02. The Morgan fingerprint density at radius 2 is 1.94 bits per heavy atom. The van der Waals surface area contributed by atoms with Crippen molar-refractivity contribution >= 4 is 5.97 Å². The van der Waals surface area contributed by atoms with Crippen LogP contribution in [-0.2, 0) is 25.6 Å². The Hall–Kier alpha value is -3.11. The van der Waals surface area contributed by atoms with Gasteiger partial charge in [-0.2, -0.15) is 0 Å². The van der Waals surface area contributed by atoms with Crippen LogP contribution in [0.25, 0.3) is 11.5 Å². The lowest BCUT2D eigenvalue weighted by Crippen LogP contribution is -2.46. The molecule has 4 rings (SSSR count). The highest BCUT2D eigenvalue weighted by molar-refractivity contribution is 5.91. The lowest BCUT2D eigenvalue weighted by Gasteiger charge is -2.40. The molecule has 1 unspecified atom stereocenters. The van der Waals surface area contributed by atoms with Crippen LogP contribution in [0.4, 0.5) is 4.39 Å². The molecular formula is C25H26FNO7. The number of aromatic carboxylic acids is 1. The number of rotatable bonds is 9. The lowest BCUT2D eigenvalue weighted by molar-refractivity contribution is -0.220. The number of nitrogens with zero attached hydrogens (tertiary/aromatic N) is 1. The van der Waals surface area contributed by atoms with Gasteiger partial charge in [-0.1, -0.05) is 18.2 Å². The van der Waals surface area contributed by atoms with Crippen LogP contribution in [0, 0.1) is 18.2 Å². The fourth-order valence-corrected chi connectivity index (χ4v) is 4.24. The maximum absolute atomic E-state index is 13.3. The number of carboxylic acid groups (broad SMARTS) is 1. The van der Waals surface area contributed by atoms with Gasteiger partial charge in [-0.15, -0.1) is 0 Å². The van der Waals surface area contributed by atoms with Crippen molar-refractivity contribution in [2.24, 2.45) is 5.41 Å². The molecule has 3 aromatic rings. The Bertz CT molecular complexity index is 1120. The van der Waals surface area contributed by atoms with E-state index in [9.17, 15) is 14.3 Å². The van der Waals surface area contributed by atoms with E-state index in [2.05, 4.69) is 4.98 Å². The number of hydrogen-bond donors (Lipinski definition) is 1. The summed E-state index contributed by atoms with van der Waals surface area (Å²) in [6, 6.07) is 11.1. The lowest BCUT2D eigenvalue weighted by atomic mass is 9.82. The SMILES string of the molecule is COC(c1coc(-c2ccc(F)cc2)n1)C1(COCc2cccc(C)c2C(=O)O)COCOC1. The van der Waals surface area contributed by atoms with Gasteiger partial charge in [-0.05, 0) is 42.3 Å². The number of ether oxygens (including phenoxy) is 4. The van der Waals surface area contributed by atoms with Crippen LogP contribution in [0.15, 0.2) is 53.1 Å². The predicted molar refractivity (Wildman–Crippen MR) is 119 cm³/mol. The van der Waals surface area contributed by atoms with E-state index in [0.29, 0.717) is 28.3 Å². The number of hydrogen-bond acceptors (Lipinski definition) is 7. The highest BCUT2D eigenvalue weighted by atomic mass is 19.1. The Labute approximate surface area is 196 Å². The summed E-state index contributed by atoms with van der Waals surface area (Å²) in [5.41, 5.74) is 1.87. The minimum Gasteiger partial charge on any atom is -0.478 e. The standard InChI is InChI=1S/C25H26FNO7/c1-16-4-3-5-18(21(16)24(28)29)10-31-12-25(13-32-15-33-14-25)22(30-2)20-11-34-23(27-20)17-6-8-19(26)9-7-17/h3-9,11,22H,10,12-15H2,1-2H3,(H,28,29). The normalized spacial score (nSPS) is 16.3. The maximum atomic E-state index is 13.3. The van der Waals surface area contributed by atoms with Gasteiger partial charge in [0.25, 0.3) is 0 Å². The van der Waals surface area contributed by atoms with Crippen LogP contribution in [0.3, 0.4) is 0 Å². The first-order valence-corrected chi connectivity index (χ1v) is 10.7. The molecule has 1 atom stereocenters. The first-order chi connectivity index (χ1) is 16.4. The van der Waals surface area contributed by atoms with Crippen LogP contribution in [0.2, 0.25) is 0 Å². The molecule has 0 amide bonds. The molecule has 34 heavy (non-hydrogen) atoms. The molecule has 9 heteroatoms. The third-order valence-electron chi connectivity index (χ3n) is 5.84. The second-order valence-electron chi connectivity index (χ2n) is 8.28. The second-order valence-corrected chi connectivity index (χ2v) is 8.28. The van der Waals surface area contributed by atoms with Gasteiger partial charge in [0.1, 0.15) is 30.7 Å². The van der Waals surface area contributed by atoms with Gasteiger partial charge in [-0.3, -0.25) is 0 Å². The molecule has 0 aliphatic carbocycles. The van der Waals surface area contributed by atoms with E-state index in [-0.39, 0.29) is 44.6 Å². The average Bonchev–Trinajstić information content (AvgIpc) is 3.30.